The molecule has 0 spiro atoms. The van der Waals surface area contributed by atoms with Gasteiger partial charge in [0.15, 0.2) is 0 Å². The summed E-state index contributed by atoms with van der Waals surface area (Å²) in [6.07, 6.45) is -0.337. The molecule has 0 saturated carbocycles. The molecule has 4 heteroatoms. The van der Waals surface area contributed by atoms with Crippen LogP contribution >= 0.6 is 0 Å². The number of carbonyl (C=O) groups is 1. The molecule has 0 radical (unpaired) electrons. The van der Waals surface area contributed by atoms with Crippen molar-refractivity contribution in [3.8, 4) is 11.8 Å². The first-order valence-corrected chi connectivity index (χ1v) is 3.46. The zero-order valence-corrected chi connectivity index (χ0v) is 6.35. The van der Waals surface area contributed by atoms with Gasteiger partial charge in [0.2, 0.25) is 0 Å². The summed E-state index contributed by atoms with van der Waals surface area (Å²) in [6.45, 7) is 2.29. The van der Waals surface area contributed by atoms with Crippen LogP contribution in [0.1, 0.15) is 6.92 Å². The van der Waals surface area contributed by atoms with Gasteiger partial charge in [0.1, 0.15) is 0 Å². The number of nitrogens with one attached hydrogen (secondary N) is 2. The second-order valence-corrected chi connectivity index (χ2v) is 2.38. The third-order valence-corrected chi connectivity index (χ3v) is 1.54. The predicted molar refractivity (Wildman–Crippen MR) is 41.4 cm³/mol. The van der Waals surface area contributed by atoms with Crippen LogP contribution in [0.5, 0.6) is 0 Å². The molecule has 1 aliphatic rings. The van der Waals surface area contributed by atoms with E-state index in [1.54, 1.807) is 6.92 Å². The minimum Gasteiger partial charge on any atom is -0.337 e. The Bertz CT molecular complexity index is 215. The fraction of sp³-hybridized carbons (Fsp3) is 0.571. The summed E-state index contributed by atoms with van der Waals surface area (Å²) in [4.78, 5) is 10.7. The molecule has 2 atom stereocenters. The highest BCUT2D eigenvalue weighted by molar-refractivity contribution is 5.75. The normalized spacial score (nSPS) is 29.5. The van der Waals surface area contributed by atoms with Crippen molar-refractivity contribution in [2.45, 2.75) is 13.1 Å². The summed E-state index contributed by atoms with van der Waals surface area (Å²) in [5.41, 5.74) is 5.58. The van der Waals surface area contributed by atoms with E-state index in [9.17, 15) is 4.79 Å². The monoisotopic (exact) mass is 153 g/mol. The summed E-state index contributed by atoms with van der Waals surface area (Å²) in [5, 5.41) is 5.15. The van der Waals surface area contributed by atoms with Crippen molar-refractivity contribution in [3.05, 3.63) is 0 Å². The molecule has 0 aromatic heterocycles. The van der Waals surface area contributed by atoms with Crippen LogP contribution in [-0.4, -0.2) is 18.7 Å². The van der Waals surface area contributed by atoms with E-state index in [-0.39, 0.29) is 18.1 Å². The van der Waals surface area contributed by atoms with Crippen LogP contribution in [0.25, 0.3) is 0 Å². The molecule has 4 N–H and O–H groups in total. The van der Waals surface area contributed by atoms with Crippen LogP contribution in [0.15, 0.2) is 0 Å². The van der Waals surface area contributed by atoms with Crippen molar-refractivity contribution in [3.63, 3.8) is 0 Å². The van der Waals surface area contributed by atoms with Crippen molar-refractivity contribution < 1.29 is 4.79 Å². The first kappa shape index (κ1) is 7.89. The van der Waals surface area contributed by atoms with Crippen LogP contribution in [0, 0.1) is 17.8 Å². The lowest BCUT2D eigenvalue weighted by molar-refractivity contribution is 0.223. The van der Waals surface area contributed by atoms with E-state index in [0.717, 1.165) is 0 Å². The van der Waals surface area contributed by atoms with Crippen LogP contribution < -0.4 is 16.4 Å². The van der Waals surface area contributed by atoms with Gasteiger partial charge >= 0.3 is 6.03 Å². The SMILES string of the molecule is CC#CC1CNC(=O)NC1N. The highest BCUT2D eigenvalue weighted by atomic mass is 16.2. The Morgan fingerprint density at radius 3 is 3.00 bits per heavy atom. The number of carbonyl (C=O) groups excluding carboxylic acids is 1. The summed E-state index contributed by atoms with van der Waals surface area (Å²) in [6, 6.07) is -0.216. The molecule has 0 aromatic carbocycles. The Labute approximate surface area is 65.5 Å². The molecular formula is C7H11N3O. The number of urea groups is 1. The van der Waals surface area contributed by atoms with Gasteiger partial charge in [-0.25, -0.2) is 4.79 Å². The van der Waals surface area contributed by atoms with Crippen molar-refractivity contribution in [1.82, 2.24) is 10.6 Å². The second-order valence-electron chi connectivity index (χ2n) is 2.38. The third kappa shape index (κ3) is 1.85. The van der Waals surface area contributed by atoms with Gasteiger partial charge in [0, 0.05) is 6.54 Å². The Morgan fingerprint density at radius 1 is 1.73 bits per heavy atom. The largest absolute Gasteiger partial charge is 0.337 e. The lowest BCUT2D eigenvalue weighted by Crippen LogP contribution is -2.58. The predicted octanol–water partition coefficient (Wildman–Crippen LogP) is -0.776. The Balaban J connectivity index is 2.54. The average Bonchev–Trinajstić information content (AvgIpc) is 1.95. The lowest BCUT2D eigenvalue weighted by Gasteiger charge is -2.26. The van der Waals surface area contributed by atoms with Gasteiger partial charge < -0.3 is 16.4 Å². The standard InChI is InChI=1S/C7H11N3O/c1-2-3-5-4-9-7(11)10-6(5)8/h5-6H,4,8H2,1H3,(H2,9,10,11). The van der Waals surface area contributed by atoms with Gasteiger partial charge in [-0.3, -0.25) is 0 Å². The Hall–Kier alpha value is -1.21. The lowest BCUT2D eigenvalue weighted by atomic mass is 10.1. The third-order valence-electron chi connectivity index (χ3n) is 1.54. The molecule has 1 saturated heterocycles. The van der Waals surface area contributed by atoms with E-state index < -0.39 is 0 Å². The smallest absolute Gasteiger partial charge is 0.316 e. The summed E-state index contributed by atoms with van der Waals surface area (Å²) >= 11 is 0. The molecule has 1 heterocycles. The Kier molecular flexibility index (Phi) is 2.34. The maximum absolute atomic E-state index is 10.7. The molecular weight excluding hydrogens is 142 g/mol. The van der Waals surface area contributed by atoms with E-state index in [1.807, 2.05) is 0 Å². The van der Waals surface area contributed by atoms with Crippen molar-refractivity contribution in [2.24, 2.45) is 11.7 Å². The van der Waals surface area contributed by atoms with Crippen LogP contribution in [0.3, 0.4) is 0 Å². The molecule has 0 bridgehead atoms. The zero-order valence-electron chi connectivity index (χ0n) is 6.35. The quantitative estimate of drug-likeness (QED) is 0.400. The number of hydrogen-bond donors (Lipinski definition) is 3. The van der Waals surface area contributed by atoms with Crippen molar-refractivity contribution in [1.29, 1.82) is 0 Å². The summed E-state index contributed by atoms with van der Waals surface area (Å²) < 4.78 is 0. The molecule has 0 aliphatic carbocycles. The highest BCUT2D eigenvalue weighted by Crippen LogP contribution is 1.99. The molecule has 2 amide bonds. The number of nitrogens with two attached hydrogens (primary N) is 1. The number of rotatable bonds is 0. The first-order valence-electron chi connectivity index (χ1n) is 3.46. The van der Waals surface area contributed by atoms with Crippen LogP contribution in [0.2, 0.25) is 0 Å². The first-order chi connectivity index (χ1) is 5.24. The van der Waals surface area contributed by atoms with Crippen molar-refractivity contribution >= 4 is 6.03 Å². The molecule has 1 rings (SSSR count). The minimum atomic E-state index is -0.337. The number of amides is 2. The van der Waals surface area contributed by atoms with Gasteiger partial charge in [-0.05, 0) is 6.92 Å². The fourth-order valence-corrected chi connectivity index (χ4v) is 0.959. The zero-order chi connectivity index (χ0) is 8.27. The molecule has 4 nitrogen and oxygen atoms in total. The molecule has 2 unspecified atom stereocenters. The van der Waals surface area contributed by atoms with Gasteiger partial charge in [-0.15, -0.1) is 5.92 Å². The minimum absolute atomic E-state index is 0.0256. The topological polar surface area (TPSA) is 67.2 Å². The van der Waals surface area contributed by atoms with Gasteiger partial charge in [-0.1, -0.05) is 5.92 Å². The van der Waals surface area contributed by atoms with Gasteiger partial charge in [-0.2, -0.15) is 0 Å². The summed E-state index contributed by atoms with van der Waals surface area (Å²) in [7, 11) is 0. The van der Waals surface area contributed by atoms with Gasteiger partial charge in [0.05, 0.1) is 12.1 Å². The van der Waals surface area contributed by atoms with E-state index in [1.165, 1.54) is 0 Å². The Morgan fingerprint density at radius 2 is 2.45 bits per heavy atom. The van der Waals surface area contributed by atoms with Crippen LogP contribution in [-0.2, 0) is 0 Å². The van der Waals surface area contributed by atoms with Gasteiger partial charge in [0.25, 0.3) is 0 Å². The van der Waals surface area contributed by atoms with Crippen LogP contribution in [0.4, 0.5) is 4.79 Å². The average molecular weight is 153 g/mol. The van der Waals surface area contributed by atoms with E-state index >= 15 is 0 Å². The molecule has 11 heavy (non-hydrogen) atoms. The van der Waals surface area contributed by atoms with E-state index in [0.29, 0.717) is 6.54 Å². The highest BCUT2D eigenvalue weighted by Gasteiger charge is 2.22. The maximum atomic E-state index is 10.7. The second kappa shape index (κ2) is 3.26. The van der Waals surface area contributed by atoms with E-state index in [2.05, 4.69) is 22.5 Å². The molecule has 60 valence electrons. The molecule has 1 fully saturated rings. The number of hydrogen-bond acceptors (Lipinski definition) is 2. The van der Waals surface area contributed by atoms with E-state index in [4.69, 9.17) is 5.73 Å². The van der Waals surface area contributed by atoms with Crippen molar-refractivity contribution in [2.75, 3.05) is 6.54 Å². The molecule has 1 aliphatic heterocycles. The fourth-order valence-electron chi connectivity index (χ4n) is 0.959. The maximum Gasteiger partial charge on any atom is 0.316 e. The molecule has 0 aromatic rings. The summed E-state index contributed by atoms with van der Waals surface area (Å²) in [5.74, 6) is 5.69.